The largest absolute Gasteiger partial charge is 0.497 e. The molecule has 0 unspecified atom stereocenters. The van der Waals surface area contributed by atoms with Crippen LogP contribution in [0, 0.1) is 11.3 Å². The first-order valence-corrected chi connectivity index (χ1v) is 4.36. The van der Waals surface area contributed by atoms with Crippen LogP contribution in [0.5, 0.6) is 5.75 Å². The van der Waals surface area contributed by atoms with E-state index < -0.39 is 0 Å². The third-order valence-electron chi connectivity index (χ3n) is 2.17. The van der Waals surface area contributed by atoms with Gasteiger partial charge in [0.1, 0.15) is 11.8 Å². The summed E-state index contributed by atoms with van der Waals surface area (Å²) in [7, 11) is 1.55. The molecule has 0 saturated heterocycles. The molecule has 4 heteroatoms. The van der Waals surface area contributed by atoms with E-state index in [-0.39, 0.29) is 5.56 Å². The number of nitrogens with one attached hydrogen (secondary N) is 1. The minimum atomic E-state index is -0.274. The van der Waals surface area contributed by atoms with Gasteiger partial charge in [-0.25, -0.2) is 0 Å². The van der Waals surface area contributed by atoms with E-state index in [1.54, 1.807) is 25.3 Å². The Morgan fingerprint density at radius 1 is 1.40 bits per heavy atom. The fourth-order valence-electron chi connectivity index (χ4n) is 1.45. The summed E-state index contributed by atoms with van der Waals surface area (Å²) in [6.07, 6.45) is 0. The highest BCUT2D eigenvalue weighted by atomic mass is 16.5. The van der Waals surface area contributed by atoms with Gasteiger partial charge in [-0.3, -0.25) is 4.79 Å². The number of nitriles is 1. The average molecular weight is 200 g/mol. The Balaban J connectivity index is 2.87. The fourth-order valence-corrected chi connectivity index (χ4v) is 1.45. The fraction of sp³-hybridized carbons (Fsp3) is 0.0909. The lowest BCUT2D eigenvalue weighted by molar-refractivity contribution is 0.415. The number of hydrogen-bond donors (Lipinski definition) is 1. The van der Waals surface area contributed by atoms with E-state index in [0.717, 1.165) is 0 Å². The lowest BCUT2D eigenvalue weighted by Crippen LogP contribution is -2.05. The van der Waals surface area contributed by atoms with Crippen LogP contribution in [0.2, 0.25) is 0 Å². The molecule has 1 heterocycles. The molecule has 15 heavy (non-hydrogen) atoms. The van der Waals surface area contributed by atoms with Crippen molar-refractivity contribution < 1.29 is 4.74 Å². The maximum Gasteiger partial charge on any atom is 0.249 e. The molecular weight excluding hydrogens is 192 g/mol. The Labute approximate surface area is 85.7 Å². The van der Waals surface area contributed by atoms with E-state index in [1.165, 1.54) is 6.07 Å². The summed E-state index contributed by atoms with van der Waals surface area (Å²) in [5.74, 6) is 0.658. The topological polar surface area (TPSA) is 65.9 Å². The first-order valence-electron chi connectivity index (χ1n) is 4.36. The van der Waals surface area contributed by atoms with Gasteiger partial charge >= 0.3 is 0 Å². The molecule has 0 aliphatic rings. The lowest BCUT2D eigenvalue weighted by Gasteiger charge is -2.03. The van der Waals surface area contributed by atoms with Crippen molar-refractivity contribution in [1.29, 1.82) is 5.26 Å². The first-order chi connectivity index (χ1) is 7.24. The summed E-state index contributed by atoms with van der Waals surface area (Å²) in [5.41, 5.74) is 0.719. The lowest BCUT2D eigenvalue weighted by atomic mass is 10.1. The maximum atomic E-state index is 11.2. The molecule has 0 aliphatic heterocycles. The monoisotopic (exact) mass is 200 g/mol. The van der Waals surface area contributed by atoms with Crippen LogP contribution in [0.4, 0.5) is 0 Å². The minimum absolute atomic E-state index is 0.274. The highest BCUT2D eigenvalue weighted by Gasteiger charge is 2.03. The molecule has 0 radical (unpaired) electrons. The minimum Gasteiger partial charge on any atom is -0.497 e. The van der Waals surface area contributed by atoms with E-state index in [2.05, 4.69) is 4.98 Å². The third kappa shape index (κ3) is 1.55. The molecule has 1 aromatic heterocycles. The van der Waals surface area contributed by atoms with Crippen LogP contribution in [-0.2, 0) is 0 Å². The molecule has 1 aromatic carbocycles. The van der Waals surface area contributed by atoms with Gasteiger partial charge in [0.2, 0.25) is 5.56 Å². The van der Waals surface area contributed by atoms with Gasteiger partial charge in [0.05, 0.1) is 12.7 Å². The molecular formula is C11H8N2O2. The summed E-state index contributed by atoms with van der Waals surface area (Å²) in [6.45, 7) is 0. The molecule has 0 atom stereocenters. The second kappa shape index (κ2) is 3.46. The van der Waals surface area contributed by atoms with Crippen molar-refractivity contribution in [3.63, 3.8) is 0 Å². The highest BCUT2D eigenvalue weighted by molar-refractivity contribution is 5.85. The number of fused-ring (bicyclic) bond motifs is 1. The molecule has 0 saturated carbocycles. The van der Waals surface area contributed by atoms with Gasteiger partial charge in [0.15, 0.2) is 0 Å². The number of pyridine rings is 1. The predicted molar refractivity (Wildman–Crippen MR) is 55.8 cm³/mol. The summed E-state index contributed by atoms with van der Waals surface area (Å²) in [6, 6.07) is 8.45. The van der Waals surface area contributed by atoms with E-state index in [1.807, 2.05) is 6.07 Å². The number of aromatic nitrogens is 1. The van der Waals surface area contributed by atoms with Gasteiger partial charge in [-0.2, -0.15) is 5.26 Å². The molecule has 2 rings (SSSR count). The van der Waals surface area contributed by atoms with Crippen molar-refractivity contribution in [2.24, 2.45) is 0 Å². The Bertz CT molecular complexity index is 608. The van der Waals surface area contributed by atoms with Crippen LogP contribution in [0.25, 0.3) is 10.9 Å². The van der Waals surface area contributed by atoms with Crippen molar-refractivity contribution in [2.45, 2.75) is 0 Å². The van der Waals surface area contributed by atoms with Crippen LogP contribution >= 0.6 is 0 Å². The molecule has 2 aromatic rings. The number of benzene rings is 1. The van der Waals surface area contributed by atoms with Gasteiger partial charge in [-0.1, -0.05) is 0 Å². The second-order valence-corrected chi connectivity index (χ2v) is 3.07. The van der Waals surface area contributed by atoms with Gasteiger partial charge in [0, 0.05) is 17.0 Å². The third-order valence-corrected chi connectivity index (χ3v) is 2.17. The number of aromatic amines is 1. The zero-order valence-electron chi connectivity index (χ0n) is 8.07. The zero-order valence-corrected chi connectivity index (χ0v) is 8.07. The number of nitrogens with zero attached hydrogens (tertiary/aromatic N) is 1. The summed E-state index contributed by atoms with van der Waals surface area (Å²) in [4.78, 5) is 13.8. The Hall–Kier alpha value is -2.28. The smallest absolute Gasteiger partial charge is 0.249 e. The van der Waals surface area contributed by atoms with Gasteiger partial charge in [-0.05, 0) is 18.2 Å². The van der Waals surface area contributed by atoms with Crippen LogP contribution in [0.3, 0.4) is 0 Å². The van der Waals surface area contributed by atoms with E-state index in [4.69, 9.17) is 10.00 Å². The van der Waals surface area contributed by atoms with E-state index >= 15 is 0 Å². The maximum absolute atomic E-state index is 11.2. The molecule has 0 bridgehead atoms. The van der Waals surface area contributed by atoms with Crippen LogP contribution in [-0.4, -0.2) is 12.1 Å². The summed E-state index contributed by atoms with van der Waals surface area (Å²) >= 11 is 0. The summed E-state index contributed by atoms with van der Waals surface area (Å²) < 4.78 is 5.05. The number of ether oxygens (including phenoxy) is 1. The molecule has 74 valence electrons. The van der Waals surface area contributed by atoms with E-state index in [9.17, 15) is 4.79 Å². The second-order valence-electron chi connectivity index (χ2n) is 3.07. The molecule has 0 spiro atoms. The number of hydrogen-bond acceptors (Lipinski definition) is 3. The Kier molecular flexibility index (Phi) is 2.14. The van der Waals surface area contributed by atoms with Crippen molar-refractivity contribution in [1.82, 2.24) is 4.98 Å². The van der Waals surface area contributed by atoms with Crippen LogP contribution in [0.1, 0.15) is 5.56 Å². The van der Waals surface area contributed by atoms with Crippen LogP contribution in [0.15, 0.2) is 29.1 Å². The van der Waals surface area contributed by atoms with Gasteiger partial charge < -0.3 is 9.72 Å². The van der Waals surface area contributed by atoms with Crippen molar-refractivity contribution in [2.75, 3.05) is 7.11 Å². The van der Waals surface area contributed by atoms with Crippen LogP contribution < -0.4 is 10.3 Å². The van der Waals surface area contributed by atoms with Crippen molar-refractivity contribution in [3.05, 3.63) is 40.2 Å². The molecule has 0 fully saturated rings. The molecule has 4 nitrogen and oxygen atoms in total. The van der Waals surface area contributed by atoms with Crippen molar-refractivity contribution >= 4 is 10.9 Å². The van der Waals surface area contributed by atoms with Gasteiger partial charge in [0.25, 0.3) is 0 Å². The highest BCUT2D eigenvalue weighted by Crippen LogP contribution is 2.20. The standard InChI is InChI=1S/C11H8N2O2/c1-15-8-2-3-10-9(5-8)7(6-12)4-11(14)13-10/h2-5H,1H3,(H,13,14). The number of methoxy groups -OCH3 is 1. The van der Waals surface area contributed by atoms with E-state index in [0.29, 0.717) is 22.2 Å². The Morgan fingerprint density at radius 2 is 2.20 bits per heavy atom. The average Bonchev–Trinajstić information content (AvgIpc) is 2.27. The SMILES string of the molecule is COc1ccc2[nH]c(=O)cc(C#N)c2c1. The zero-order chi connectivity index (χ0) is 10.8. The molecule has 0 aliphatic carbocycles. The summed E-state index contributed by atoms with van der Waals surface area (Å²) in [5, 5.41) is 9.57. The molecule has 0 amide bonds. The van der Waals surface area contributed by atoms with Crippen molar-refractivity contribution in [3.8, 4) is 11.8 Å². The normalized spacial score (nSPS) is 9.87. The predicted octanol–water partition coefficient (Wildman–Crippen LogP) is 1.41. The van der Waals surface area contributed by atoms with Gasteiger partial charge in [-0.15, -0.1) is 0 Å². The number of H-pyrrole nitrogens is 1. The Morgan fingerprint density at radius 3 is 2.87 bits per heavy atom. The number of rotatable bonds is 1. The molecule has 1 N–H and O–H groups in total. The quantitative estimate of drug-likeness (QED) is 0.756. The first kappa shape index (κ1) is 9.28.